The number of hydrogen-bond donors (Lipinski definition) is 0. The van der Waals surface area contributed by atoms with E-state index in [1.165, 1.54) is 0 Å². The number of carbonyl (C=O) groups is 2. The van der Waals surface area contributed by atoms with Crippen LogP contribution in [0.1, 0.15) is 63.1 Å². The molecule has 0 spiro atoms. The molecular formula is C23H29NO3. The normalized spacial score (nSPS) is 24.4. The van der Waals surface area contributed by atoms with Gasteiger partial charge in [0.15, 0.2) is 5.78 Å². The van der Waals surface area contributed by atoms with Gasteiger partial charge in [-0.2, -0.15) is 0 Å². The van der Waals surface area contributed by atoms with E-state index in [1.807, 2.05) is 26.8 Å². The predicted molar refractivity (Wildman–Crippen MR) is 107 cm³/mol. The van der Waals surface area contributed by atoms with Gasteiger partial charge in [-0.15, -0.1) is 0 Å². The molecule has 0 fully saturated rings. The maximum absolute atomic E-state index is 13.2. The van der Waals surface area contributed by atoms with Crippen molar-refractivity contribution in [3.8, 4) is 0 Å². The molecule has 1 heterocycles. The summed E-state index contributed by atoms with van der Waals surface area (Å²) in [5, 5.41) is 0. The molecule has 0 saturated heterocycles. The topological polar surface area (TPSA) is 55.7 Å². The minimum atomic E-state index is -0.546. The van der Waals surface area contributed by atoms with Crippen LogP contribution in [0.3, 0.4) is 0 Å². The molecule has 0 radical (unpaired) electrons. The third kappa shape index (κ3) is 3.62. The minimum Gasteiger partial charge on any atom is -0.465 e. The first-order chi connectivity index (χ1) is 12.6. The van der Waals surface area contributed by atoms with Crippen LogP contribution in [0.2, 0.25) is 0 Å². The summed E-state index contributed by atoms with van der Waals surface area (Å²) in [5.41, 5.74) is 5.47. The van der Waals surface area contributed by atoms with E-state index in [4.69, 9.17) is 9.73 Å². The summed E-state index contributed by atoms with van der Waals surface area (Å²) in [6.45, 7) is 12.3. The van der Waals surface area contributed by atoms with E-state index >= 15 is 0 Å². The lowest BCUT2D eigenvalue weighted by atomic mass is 9.66. The molecule has 1 aromatic rings. The quantitative estimate of drug-likeness (QED) is 0.729. The molecule has 2 aliphatic rings. The lowest BCUT2D eigenvalue weighted by Gasteiger charge is -2.39. The van der Waals surface area contributed by atoms with Crippen LogP contribution in [-0.4, -0.2) is 24.1 Å². The monoisotopic (exact) mass is 367 g/mol. The molecule has 2 atom stereocenters. The van der Waals surface area contributed by atoms with Crippen LogP contribution in [0.25, 0.3) is 0 Å². The third-order valence-electron chi connectivity index (χ3n) is 5.60. The number of carbonyl (C=O) groups excluding carboxylic acids is 2. The zero-order chi connectivity index (χ0) is 19.9. The maximum Gasteiger partial charge on any atom is 0.315 e. The van der Waals surface area contributed by atoms with Crippen LogP contribution in [-0.2, 0) is 14.3 Å². The molecule has 0 N–H and O–H groups in total. The van der Waals surface area contributed by atoms with Crippen LogP contribution in [0.5, 0.6) is 0 Å². The first kappa shape index (κ1) is 19.5. The second-order valence-electron chi connectivity index (χ2n) is 8.62. The van der Waals surface area contributed by atoms with Gasteiger partial charge in [-0.1, -0.05) is 37.6 Å². The van der Waals surface area contributed by atoms with Gasteiger partial charge in [-0.05, 0) is 50.7 Å². The van der Waals surface area contributed by atoms with Crippen molar-refractivity contribution in [3.05, 3.63) is 46.2 Å². The van der Waals surface area contributed by atoms with Gasteiger partial charge in [0.05, 0.1) is 6.61 Å². The zero-order valence-electron chi connectivity index (χ0n) is 17.2. The highest BCUT2D eigenvalue weighted by atomic mass is 16.5. The van der Waals surface area contributed by atoms with Crippen molar-refractivity contribution in [2.45, 2.75) is 60.3 Å². The van der Waals surface area contributed by atoms with E-state index < -0.39 is 5.92 Å². The van der Waals surface area contributed by atoms with Crippen molar-refractivity contribution in [2.24, 2.45) is 16.3 Å². The molecule has 1 aliphatic heterocycles. The lowest BCUT2D eigenvalue weighted by molar-refractivity contribution is -0.146. The average Bonchev–Trinajstić information content (AvgIpc) is 2.52. The summed E-state index contributed by atoms with van der Waals surface area (Å²) in [5.74, 6) is -1.05. The fourth-order valence-corrected chi connectivity index (χ4v) is 4.49. The van der Waals surface area contributed by atoms with E-state index in [-0.39, 0.29) is 23.1 Å². The molecule has 144 valence electrons. The lowest BCUT2D eigenvalue weighted by Crippen LogP contribution is -2.39. The number of Topliss-reactive ketones (excluding diaryl/α,β-unsaturated/α-hetero) is 1. The van der Waals surface area contributed by atoms with Gasteiger partial charge in [-0.3, -0.25) is 14.6 Å². The summed E-state index contributed by atoms with van der Waals surface area (Å²) >= 11 is 0. The number of esters is 1. The van der Waals surface area contributed by atoms with E-state index in [0.717, 1.165) is 34.5 Å². The fraction of sp³-hybridized carbons (Fsp3) is 0.522. The number of aliphatic imine (C=N–C) groups is 1. The summed E-state index contributed by atoms with van der Waals surface area (Å²) in [6.07, 6.45) is 1.24. The molecule has 1 unspecified atom stereocenters. The van der Waals surface area contributed by atoms with Crippen molar-refractivity contribution >= 4 is 17.5 Å². The van der Waals surface area contributed by atoms with E-state index in [2.05, 4.69) is 26.0 Å². The molecule has 1 aromatic carbocycles. The second-order valence-corrected chi connectivity index (χ2v) is 8.62. The molecule has 0 bridgehead atoms. The molecule has 0 aromatic heterocycles. The maximum atomic E-state index is 13.2. The Hall–Kier alpha value is -2.23. The van der Waals surface area contributed by atoms with Gasteiger partial charge in [0.1, 0.15) is 5.92 Å². The second kappa shape index (κ2) is 7.06. The molecule has 27 heavy (non-hydrogen) atoms. The fourth-order valence-electron chi connectivity index (χ4n) is 4.49. The molecule has 4 heteroatoms. The van der Waals surface area contributed by atoms with E-state index in [1.54, 1.807) is 6.92 Å². The van der Waals surface area contributed by atoms with Crippen LogP contribution >= 0.6 is 0 Å². The number of benzene rings is 1. The third-order valence-corrected chi connectivity index (χ3v) is 5.60. The van der Waals surface area contributed by atoms with Crippen molar-refractivity contribution in [3.63, 3.8) is 0 Å². The number of ketones is 1. The van der Waals surface area contributed by atoms with Gasteiger partial charge in [0, 0.05) is 29.3 Å². The van der Waals surface area contributed by atoms with Crippen molar-refractivity contribution in [1.82, 2.24) is 0 Å². The molecule has 0 saturated carbocycles. The smallest absolute Gasteiger partial charge is 0.315 e. The summed E-state index contributed by atoms with van der Waals surface area (Å²) in [7, 11) is 0. The van der Waals surface area contributed by atoms with Crippen molar-refractivity contribution in [2.75, 3.05) is 6.61 Å². The Bertz CT molecular complexity index is 860. The van der Waals surface area contributed by atoms with Crippen LogP contribution in [0, 0.1) is 25.2 Å². The van der Waals surface area contributed by atoms with Crippen LogP contribution in [0.4, 0.5) is 0 Å². The van der Waals surface area contributed by atoms with Gasteiger partial charge in [0.25, 0.3) is 0 Å². The summed E-state index contributed by atoms with van der Waals surface area (Å²) in [4.78, 5) is 30.7. The number of hydrogen-bond acceptors (Lipinski definition) is 4. The SMILES string of the molecule is CCOC(=O)C1C(C)=NC2=C(C(=O)CC(C)(C)C2)[C@H]1c1ccc(C)cc1C. The number of allylic oxidation sites excluding steroid dienone is 2. The number of rotatable bonds is 3. The van der Waals surface area contributed by atoms with Gasteiger partial charge in [-0.25, -0.2) is 0 Å². The Morgan fingerprint density at radius 1 is 1.22 bits per heavy atom. The highest BCUT2D eigenvalue weighted by Crippen LogP contribution is 2.48. The molecule has 3 rings (SSSR count). The van der Waals surface area contributed by atoms with E-state index in [0.29, 0.717) is 18.6 Å². The van der Waals surface area contributed by atoms with Crippen LogP contribution < -0.4 is 0 Å². The first-order valence-electron chi connectivity index (χ1n) is 9.70. The van der Waals surface area contributed by atoms with Crippen molar-refractivity contribution in [1.29, 1.82) is 0 Å². The summed E-state index contributed by atoms with van der Waals surface area (Å²) < 4.78 is 5.37. The van der Waals surface area contributed by atoms with Gasteiger partial charge in [0.2, 0.25) is 0 Å². The zero-order valence-corrected chi connectivity index (χ0v) is 17.2. The van der Waals surface area contributed by atoms with E-state index in [9.17, 15) is 9.59 Å². The molecule has 4 nitrogen and oxygen atoms in total. The highest BCUT2D eigenvalue weighted by molar-refractivity contribution is 6.09. The Morgan fingerprint density at radius 2 is 1.93 bits per heavy atom. The predicted octanol–water partition coefficient (Wildman–Crippen LogP) is 4.68. The number of aryl methyl sites for hydroxylation is 2. The molecular weight excluding hydrogens is 338 g/mol. The Kier molecular flexibility index (Phi) is 5.11. The van der Waals surface area contributed by atoms with Crippen molar-refractivity contribution < 1.29 is 14.3 Å². The number of nitrogens with zero attached hydrogens (tertiary/aromatic N) is 1. The first-order valence-corrected chi connectivity index (χ1v) is 9.70. The summed E-state index contributed by atoms with van der Waals surface area (Å²) in [6, 6.07) is 6.21. The molecule has 0 amide bonds. The largest absolute Gasteiger partial charge is 0.465 e. The van der Waals surface area contributed by atoms with Gasteiger partial charge < -0.3 is 4.74 Å². The standard InChI is InChI=1S/C23H29NO3/c1-7-27-22(26)19-15(4)24-17-11-23(5,6)12-18(25)21(17)20(19)16-9-8-13(2)10-14(16)3/h8-10,19-20H,7,11-12H2,1-6H3/t19?,20-/m0/s1. The molecule has 1 aliphatic carbocycles. The minimum absolute atomic E-state index is 0.108. The van der Waals surface area contributed by atoms with Gasteiger partial charge >= 0.3 is 5.97 Å². The number of ether oxygens (including phenoxy) is 1. The highest BCUT2D eigenvalue weighted by Gasteiger charge is 2.46. The average molecular weight is 367 g/mol. The Morgan fingerprint density at radius 3 is 2.56 bits per heavy atom. The Balaban J connectivity index is 2.21. The van der Waals surface area contributed by atoms with Crippen LogP contribution in [0.15, 0.2) is 34.5 Å². The Labute approximate surface area is 161 Å².